The fourth-order valence-electron chi connectivity index (χ4n) is 2.98. The second-order valence-corrected chi connectivity index (χ2v) is 5.74. The third kappa shape index (κ3) is 2.94. The normalized spacial score (nSPS) is 13.0. The molecule has 1 aliphatic carbocycles. The highest BCUT2D eigenvalue weighted by atomic mass is 16.5. The maximum Gasteiger partial charge on any atom is 0.198 e. The minimum absolute atomic E-state index is 0.0172. The molecule has 3 aromatic rings. The van der Waals surface area contributed by atoms with Crippen molar-refractivity contribution in [3.8, 4) is 0 Å². The van der Waals surface area contributed by atoms with Gasteiger partial charge in [0.2, 0.25) is 0 Å². The number of ether oxygens (including phenoxy) is 1. The first kappa shape index (κ1) is 15.3. The van der Waals surface area contributed by atoms with Crippen LogP contribution in [0.4, 0.5) is 0 Å². The summed E-state index contributed by atoms with van der Waals surface area (Å²) in [5, 5.41) is 0. The van der Waals surface area contributed by atoms with Gasteiger partial charge >= 0.3 is 0 Å². The molecule has 4 heteroatoms. The summed E-state index contributed by atoms with van der Waals surface area (Å²) in [6.07, 6.45) is 5.84. The molecule has 0 atom stereocenters. The number of nitrogens with zero attached hydrogens (tertiary/aromatic N) is 2. The average Bonchev–Trinajstić information content (AvgIpc) is 2.96. The average molecular weight is 328 g/mol. The van der Waals surface area contributed by atoms with E-state index in [2.05, 4.69) is 9.97 Å². The lowest BCUT2D eigenvalue weighted by atomic mass is 10.0. The number of fused-ring (bicyclic) bond motifs is 1. The zero-order valence-electron chi connectivity index (χ0n) is 13.6. The van der Waals surface area contributed by atoms with Crippen LogP contribution >= 0.6 is 0 Å². The van der Waals surface area contributed by atoms with Crippen molar-refractivity contribution in [1.29, 1.82) is 0 Å². The smallest absolute Gasteiger partial charge is 0.198 e. The largest absolute Gasteiger partial charge is 0.492 e. The molecule has 4 rings (SSSR count). The summed E-state index contributed by atoms with van der Waals surface area (Å²) >= 11 is 0. The number of pyridine rings is 2. The number of hydrogen-bond donors (Lipinski definition) is 0. The summed E-state index contributed by atoms with van der Waals surface area (Å²) in [5.41, 5.74) is 3.83. The maximum absolute atomic E-state index is 12.9. The summed E-state index contributed by atoms with van der Waals surface area (Å²) < 4.78 is 6.06. The van der Waals surface area contributed by atoms with Crippen LogP contribution in [0.1, 0.15) is 27.2 Å². The topological polar surface area (TPSA) is 52.1 Å². The molecule has 1 aromatic carbocycles. The van der Waals surface area contributed by atoms with Crippen molar-refractivity contribution in [2.75, 3.05) is 6.61 Å². The molecule has 0 saturated heterocycles. The second kappa shape index (κ2) is 6.69. The van der Waals surface area contributed by atoms with E-state index in [-0.39, 0.29) is 5.78 Å². The highest BCUT2D eigenvalue weighted by Crippen LogP contribution is 2.38. The number of carbonyl (C=O) groups excluding carboxylic acids is 1. The molecule has 0 radical (unpaired) electrons. The third-order valence-corrected chi connectivity index (χ3v) is 4.15. The summed E-state index contributed by atoms with van der Waals surface area (Å²) in [5.74, 6) is 0.612. The van der Waals surface area contributed by atoms with Crippen molar-refractivity contribution in [2.24, 2.45) is 0 Å². The molecule has 0 fully saturated rings. The lowest BCUT2D eigenvalue weighted by molar-refractivity contribution is 0.105. The van der Waals surface area contributed by atoms with Crippen LogP contribution in [-0.4, -0.2) is 22.4 Å². The van der Waals surface area contributed by atoms with Gasteiger partial charge in [-0.3, -0.25) is 14.8 Å². The predicted molar refractivity (Wildman–Crippen MR) is 95.7 cm³/mol. The highest BCUT2D eigenvalue weighted by molar-refractivity contribution is 6.39. The van der Waals surface area contributed by atoms with Crippen molar-refractivity contribution in [3.05, 3.63) is 95.6 Å². The van der Waals surface area contributed by atoms with Gasteiger partial charge in [-0.15, -0.1) is 0 Å². The fourth-order valence-corrected chi connectivity index (χ4v) is 2.98. The van der Waals surface area contributed by atoms with Gasteiger partial charge in [-0.1, -0.05) is 36.4 Å². The Bertz CT molecular complexity index is 934. The number of hydrogen-bond acceptors (Lipinski definition) is 4. The lowest BCUT2D eigenvalue weighted by Crippen LogP contribution is -2.01. The predicted octanol–water partition coefficient (Wildman–Crippen LogP) is 3.80. The number of carbonyl (C=O) groups is 1. The molecule has 2 aromatic heterocycles. The molecule has 0 amide bonds. The van der Waals surface area contributed by atoms with Crippen LogP contribution in [0.3, 0.4) is 0 Å². The molecular formula is C21H16N2O2. The van der Waals surface area contributed by atoms with E-state index in [0.717, 1.165) is 16.8 Å². The number of ketones is 1. The molecule has 25 heavy (non-hydrogen) atoms. The Labute approximate surface area is 145 Å². The molecule has 2 heterocycles. The Morgan fingerprint density at radius 1 is 0.880 bits per heavy atom. The number of benzene rings is 1. The Hall–Kier alpha value is -3.27. The van der Waals surface area contributed by atoms with Gasteiger partial charge < -0.3 is 4.74 Å². The van der Waals surface area contributed by atoms with Crippen molar-refractivity contribution in [3.63, 3.8) is 0 Å². The van der Waals surface area contributed by atoms with E-state index < -0.39 is 0 Å². The van der Waals surface area contributed by atoms with Gasteiger partial charge in [-0.2, -0.15) is 0 Å². The zero-order chi connectivity index (χ0) is 17.1. The number of rotatable bonds is 5. The first-order valence-electron chi connectivity index (χ1n) is 8.16. The van der Waals surface area contributed by atoms with Gasteiger partial charge in [0.25, 0.3) is 0 Å². The Morgan fingerprint density at radius 2 is 1.72 bits per heavy atom. The van der Waals surface area contributed by atoms with Gasteiger partial charge in [0, 0.05) is 47.4 Å². The molecule has 0 saturated carbocycles. The molecule has 0 unspecified atom stereocenters. The highest BCUT2D eigenvalue weighted by Gasteiger charge is 2.31. The van der Waals surface area contributed by atoms with Crippen LogP contribution in [0.15, 0.2) is 73.2 Å². The molecule has 0 spiro atoms. The van der Waals surface area contributed by atoms with Crippen LogP contribution in [-0.2, 0) is 11.2 Å². The molecule has 4 nitrogen and oxygen atoms in total. The minimum atomic E-state index is -0.0172. The van der Waals surface area contributed by atoms with Gasteiger partial charge in [-0.25, -0.2) is 0 Å². The fraction of sp³-hybridized carbons (Fsp3) is 0.0952. The number of allylic oxidation sites excluding steroid dienone is 1. The van der Waals surface area contributed by atoms with E-state index in [9.17, 15) is 4.79 Å². The van der Waals surface area contributed by atoms with Crippen molar-refractivity contribution >= 4 is 17.1 Å². The summed E-state index contributed by atoms with van der Waals surface area (Å²) in [4.78, 5) is 21.3. The molecular weight excluding hydrogens is 312 g/mol. The van der Waals surface area contributed by atoms with Gasteiger partial charge in [0.05, 0.1) is 12.2 Å². The number of Topliss-reactive ketones (excluding diaryl/α,β-unsaturated/α-hetero) is 1. The van der Waals surface area contributed by atoms with Crippen LogP contribution < -0.4 is 0 Å². The van der Waals surface area contributed by atoms with Gasteiger partial charge in [-0.05, 0) is 18.2 Å². The van der Waals surface area contributed by atoms with E-state index in [1.807, 2.05) is 54.6 Å². The zero-order valence-corrected chi connectivity index (χ0v) is 13.6. The van der Waals surface area contributed by atoms with Crippen LogP contribution in [0.5, 0.6) is 0 Å². The molecule has 0 N–H and O–H groups in total. The van der Waals surface area contributed by atoms with Crippen molar-refractivity contribution in [2.45, 2.75) is 6.42 Å². The Morgan fingerprint density at radius 3 is 2.48 bits per heavy atom. The van der Waals surface area contributed by atoms with Crippen molar-refractivity contribution in [1.82, 2.24) is 9.97 Å². The third-order valence-electron chi connectivity index (χ3n) is 4.15. The van der Waals surface area contributed by atoms with Gasteiger partial charge in [0.15, 0.2) is 5.78 Å². The SMILES string of the molecule is O=C1C(c2cccnc2)=C(OCCc2ccccn2)c2ccccc21. The molecule has 0 aliphatic heterocycles. The summed E-state index contributed by atoms with van der Waals surface area (Å²) in [7, 11) is 0. The molecule has 1 aliphatic rings. The van der Waals surface area contributed by atoms with Crippen LogP contribution in [0.2, 0.25) is 0 Å². The van der Waals surface area contributed by atoms with Gasteiger partial charge in [0.1, 0.15) is 5.76 Å². The van der Waals surface area contributed by atoms with Crippen molar-refractivity contribution < 1.29 is 9.53 Å². The standard InChI is InChI=1S/C21H16N2O2/c24-20-17-8-1-2-9-18(17)21(19(20)15-6-5-11-22-14-15)25-13-10-16-7-3-4-12-23-16/h1-9,11-12,14H,10,13H2. The van der Waals surface area contributed by atoms with Crippen LogP contribution in [0.25, 0.3) is 11.3 Å². The maximum atomic E-state index is 12.9. The van der Waals surface area contributed by atoms with Crippen LogP contribution in [0, 0.1) is 0 Å². The van der Waals surface area contributed by atoms with E-state index >= 15 is 0 Å². The quantitative estimate of drug-likeness (QED) is 0.715. The second-order valence-electron chi connectivity index (χ2n) is 5.74. The summed E-state index contributed by atoms with van der Waals surface area (Å²) in [6, 6.07) is 17.1. The van der Waals surface area contributed by atoms with E-state index in [0.29, 0.717) is 29.9 Å². The Kier molecular flexibility index (Phi) is 4.09. The first-order valence-corrected chi connectivity index (χ1v) is 8.16. The van der Waals surface area contributed by atoms with E-state index in [1.165, 1.54) is 0 Å². The first-order chi connectivity index (χ1) is 12.3. The monoisotopic (exact) mass is 328 g/mol. The minimum Gasteiger partial charge on any atom is -0.492 e. The van der Waals surface area contributed by atoms with E-state index in [4.69, 9.17) is 4.74 Å². The number of aromatic nitrogens is 2. The Balaban J connectivity index is 1.66. The molecule has 122 valence electrons. The summed E-state index contributed by atoms with van der Waals surface area (Å²) in [6.45, 7) is 0.456. The molecule has 0 bridgehead atoms. The van der Waals surface area contributed by atoms with E-state index in [1.54, 1.807) is 18.6 Å². The lowest BCUT2D eigenvalue weighted by Gasteiger charge is -2.10.